The molecule has 1 aliphatic heterocycles. The Morgan fingerprint density at radius 3 is 2.62 bits per heavy atom. The van der Waals surface area contributed by atoms with Crippen molar-refractivity contribution in [3.63, 3.8) is 0 Å². The lowest BCUT2D eigenvalue weighted by molar-refractivity contribution is -0.252. The van der Waals surface area contributed by atoms with Gasteiger partial charge in [-0.25, -0.2) is 4.39 Å². The average Bonchev–Trinajstić information content (AvgIpc) is 3.19. The van der Waals surface area contributed by atoms with Crippen LogP contribution in [-0.4, -0.2) is 46.3 Å². The van der Waals surface area contributed by atoms with E-state index in [1.54, 1.807) is 6.92 Å². The fraction of sp³-hybridized carbons (Fsp3) is 0.286. The van der Waals surface area contributed by atoms with Gasteiger partial charge in [0.15, 0.2) is 6.17 Å². The number of oxime groups is 1. The zero-order chi connectivity index (χ0) is 23.8. The summed E-state index contributed by atoms with van der Waals surface area (Å²) >= 11 is 11.6. The summed E-state index contributed by atoms with van der Waals surface area (Å²) in [5, 5.41) is 1.77. The summed E-state index contributed by atoms with van der Waals surface area (Å²) in [5.74, 6) is -0.644. The van der Waals surface area contributed by atoms with Gasteiger partial charge in [-0.1, -0.05) is 35.5 Å². The Hall–Kier alpha value is -2.65. The van der Waals surface area contributed by atoms with Crippen LogP contribution in [0.25, 0.3) is 0 Å². The van der Waals surface area contributed by atoms with Crippen LogP contribution in [0.5, 0.6) is 0 Å². The zero-order valence-electron chi connectivity index (χ0n) is 16.5. The fourth-order valence-corrected chi connectivity index (χ4v) is 3.98. The van der Waals surface area contributed by atoms with Crippen molar-refractivity contribution < 1.29 is 32.0 Å². The SMILES string of the molecule is C=CN(C=O)C(=O)c1ccc(C2=NO[C@@](C3=CC(Cl)[C@H](F)C(Cl)=C3)(C(F)(F)F)C2)cc1C. The summed E-state index contributed by atoms with van der Waals surface area (Å²) in [7, 11) is 0. The molecule has 170 valence electrons. The van der Waals surface area contributed by atoms with Crippen molar-refractivity contribution in [3.8, 4) is 0 Å². The van der Waals surface area contributed by atoms with Gasteiger partial charge >= 0.3 is 6.18 Å². The molecule has 32 heavy (non-hydrogen) atoms. The number of aryl methyl sites for hydroxylation is 1. The molecule has 1 aromatic carbocycles. The highest BCUT2D eigenvalue weighted by Crippen LogP contribution is 2.48. The van der Waals surface area contributed by atoms with Crippen molar-refractivity contribution in [2.75, 3.05) is 0 Å². The van der Waals surface area contributed by atoms with Crippen LogP contribution in [0.1, 0.15) is 27.9 Å². The van der Waals surface area contributed by atoms with E-state index in [-0.39, 0.29) is 23.2 Å². The number of alkyl halides is 5. The Labute approximate surface area is 190 Å². The van der Waals surface area contributed by atoms with Gasteiger partial charge in [0, 0.05) is 23.8 Å². The lowest BCUT2D eigenvalue weighted by Crippen LogP contribution is -2.48. The second-order valence-electron chi connectivity index (χ2n) is 7.16. The number of halogens is 6. The third kappa shape index (κ3) is 4.06. The van der Waals surface area contributed by atoms with Crippen molar-refractivity contribution in [2.24, 2.45) is 5.16 Å². The molecule has 3 rings (SSSR count). The molecule has 2 aliphatic rings. The summed E-state index contributed by atoms with van der Waals surface area (Å²) in [6.07, 6.45) is -4.37. The van der Waals surface area contributed by atoms with Gasteiger partial charge in [0.05, 0.1) is 16.1 Å². The van der Waals surface area contributed by atoms with Crippen molar-refractivity contribution in [1.82, 2.24) is 4.90 Å². The lowest BCUT2D eigenvalue weighted by Gasteiger charge is -2.32. The summed E-state index contributed by atoms with van der Waals surface area (Å²) < 4.78 is 56.2. The van der Waals surface area contributed by atoms with Crippen LogP contribution in [0.4, 0.5) is 17.6 Å². The van der Waals surface area contributed by atoms with E-state index in [9.17, 15) is 27.2 Å². The van der Waals surface area contributed by atoms with E-state index in [0.717, 1.165) is 23.3 Å². The Balaban J connectivity index is 1.95. The third-order valence-electron chi connectivity index (χ3n) is 5.16. The molecule has 0 spiro atoms. The van der Waals surface area contributed by atoms with Gasteiger partial charge in [-0.3, -0.25) is 14.5 Å². The molecule has 0 saturated heterocycles. The standard InChI is InChI=1S/C21H16Cl2F4N2O3/c1-3-29(10-30)19(31)14-5-4-12(6-11(14)2)17-9-20(32-28-17,21(25,26)27)13-7-15(22)18(24)16(23)8-13/h3-8,10,15,18H,1,9H2,2H3/t15?,18-,20-/m0/s1. The molecule has 0 bridgehead atoms. The third-order valence-corrected chi connectivity index (χ3v) is 5.83. The number of imide groups is 1. The van der Waals surface area contributed by atoms with Crippen molar-refractivity contribution in [2.45, 2.75) is 36.7 Å². The topological polar surface area (TPSA) is 59.0 Å². The maximum atomic E-state index is 14.1. The van der Waals surface area contributed by atoms with Crippen molar-refractivity contribution in [1.29, 1.82) is 0 Å². The molecular weight excluding hydrogens is 475 g/mol. The van der Waals surface area contributed by atoms with Gasteiger partial charge in [-0.05, 0) is 36.3 Å². The van der Waals surface area contributed by atoms with Crippen LogP contribution in [0.15, 0.2) is 58.9 Å². The Morgan fingerprint density at radius 2 is 2.09 bits per heavy atom. The molecule has 0 fully saturated rings. The van der Waals surface area contributed by atoms with E-state index in [2.05, 4.69) is 11.7 Å². The predicted molar refractivity (Wildman–Crippen MR) is 111 cm³/mol. The predicted octanol–water partition coefficient (Wildman–Crippen LogP) is 5.17. The van der Waals surface area contributed by atoms with Crippen LogP contribution in [0.3, 0.4) is 0 Å². The van der Waals surface area contributed by atoms with Crippen LogP contribution >= 0.6 is 23.2 Å². The Morgan fingerprint density at radius 1 is 1.41 bits per heavy atom. The fourth-order valence-electron chi connectivity index (χ4n) is 3.39. The Kier molecular flexibility index (Phi) is 6.53. The van der Waals surface area contributed by atoms with E-state index in [1.165, 1.54) is 18.2 Å². The van der Waals surface area contributed by atoms with Gasteiger partial charge in [0.25, 0.3) is 11.5 Å². The first kappa shape index (κ1) is 24.0. The number of allylic oxidation sites excluding steroid dienone is 2. The molecule has 0 aromatic heterocycles. The number of amides is 2. The molecule has 2 amide bonds. The summed E-state index contributed by atoms with van der Waals surface area (Å²) in [5.41, 5.74) is -2.55. The van der Waals surface area contributed by atoms with E-state index in [0.29, 0.717) is 5.56 Å². The minimum atomic E-state index is -4.92. The van der Waals surface area contributed by atoms with Crippen LogP contribution < -0.4 is 0 Å². The smallest absolute Gasteiger partial charge is 0.374 e. The summed E-state index contributed by atoms with van der Waals surface area (Å²) in [4.78, 5) is 28.9. The van der Waals surface area contributed by atoms with Crippen LogP contribution in [0, 0.1) is 6.92 Å². The molecule has 1 unspecified atom stereocenters. The minimum Gasteiger partial charge on any atom is -0.374 e. The van der Waals surface area contributed by atoms with Crippen LogP contribution in [0.2, 0.25) is 0 Å². The number of hydrogen-bond donors (Lipinski definition) is 0. The molecule has 1 heterocycles. The first-order chi connectivity index (χ1) is 14.9. The minimum absolute atomic E-state index is 0.0423. The zero-order valence-corrected chi connectivity index (χ0v) is 18.0. The first-order valence-corrected chi connectivity index (χ1v) is 9.97. The molecule has 0 radical (unpaired) electrons. The highest BCUT2D eigenvalue weighted by Gasteiger charge is 2.63. The molecule has 1 aliphatic carbocycles. The van der Waals surface area contributed by atoms with Crippen molar-refractivity contribution >= 4 is 41.2 Å². The van der Waals surface area contributed by atoms with E-state index in [4.69, 9.17) is 28.0 Å². The second-order valence-corrected chi connectivity index (χ2v) is 8.10. The van der Waals surface area contributed by atoms with E-state index in [1.807, 2.05) is 0 Å². The molecule has 11 heteroatoms. The molecule has 1 aromatic rings. The van der Waals surface area contributed by atoms with Crippen molar-refractivity contribution in [3.05, 3.63) is 70.4 Å². The largest absolute Gasteiger partial charge is 0.435 e. The Bertz CT molecular complexity index is 1060. The quantitative estimate of drug-likeness (QED) is 0.325. The molecule has 0 saturated carbocycles. The molecule has 0 N–H and O–H groups in total. The monoisotopic (exact) mass is 490 g/mol. The molecule has 5 nitrogen and oxygen atoms in total. The van der Waals surface area contributed by atoms with Gasteiger partial charge in [-0.2, -0.15) is 13.2 Å². The van der Waals surface area contributed by atoms with E-state index >= 15 is 0 Å². The number of carbonyl (C=O) groups is 2. The number of nitrogens with zero attached hydrogens (tertiary/aromatic N) is 2. The lowest BCUT2D eigenvalue weighted by atomic mass is 9.83. The first-order valence-electron chi connectivity index (χ1n) is 9.16. The maximum Gasteiger partial charge on any atom is 0.435 e. The highest BCUT2D eigenvalue weighted by molar-refractivity contribution is 6.32. The number of rotatable bonds is 5. The van der Waals surface area contributed by atoms with Gasteiger partial charge in [0.1, 0.15) is 0 Å². The summed E-state index contributed by atoms with van der Waals surface area (Å²) in [6.45, 7) is 4.92. The van der Waals surface area contributed by atoms with Gasteiger partial charge < -0.3 is 4.84 Å². The van der Waals surface area contributed by atoms with E-state index < -0.39 is 46.3 Å². The number of benzene rings is 1. The number of carbonyl (C=O) groups excluding carboxylic acids is 2. The van der Waals surface area contributed by atoms with Crippen LogP contribution in [-0.2, 0) is 9.63 Å². The highest BCUT2D eigenvalue weighted by atomic mass is 35.5. The molecular formula is C21H16Cl2F4N2O3. The van der Waals surface area contributed by atoms with Gasteiger partial charge in [-0.15, -0.1) is 11.6 Å². The van der Waals surface area contributed by atoms with Gasteiger partial charge in [0.2, 0.25) is 6.41 Å². The normalized spacial score (nSPS) is 25.3. The molecule has 3 atom stereocenters. The average molecular weight is 491 g/mol. The maximum absolute atomic E-state index is 14.1. The summed E-state index contributed by atoms with van der Waals surface area (Å²) in [6, 6.07) is 4.21. The second kappa shape index (κ2) is 8.71. The number of hydrogen-bond acceptors (Lipinski definition) is 4.